The summed E-state index contributed by atoms with van der Waals surface area (Å²) in [6.07, 6.45) is 1.69. The lowest BCUT2D eigenvalue weighted by Gasteiger charge is -2.08. The molecule has 0 bridgehead atoms. The van der Waals surface area contributed by atoms with Crippen molar-refractivity contribution in [3.8, 4) is 17.4 Å². The summed E-state index contributed by atoms with van der Waals surface area (Å²) in [5, 5.41) is 0. The van der Waals surface area contributed by atoms with Crippen LogP contribution in [-0.2, 0) is 0 Å². The normalized spacial score (nSPS) is 10.2. The number of aromatic nitrogens is 1. The maximum Gasteiger partial charge on any atom is 0.233 e. The summed E-state index contributed by atoms with van der Waals surface area (Å²) in [5.74, 6) is 2.07. The number of nitrogens with zero attached hydrogens (tertiary/aromatic N) is 1. The van der Waals surface area contributed by atoms with Crippen molar-refractivity contribution in [1.82, 2.24) is 4.98 Å². The van der Waals surface area contributed by atoms with Crippen LogP contribution in [0.1, 0.15) is 6.92 Å². The molecule has 0 N–H and O–H groups in total. The first kappa shape index (κ1) is 13.4. The van der Waals surface area contributed by atoms with E-state index < -0.39 is 0 Å². The van der Waals surface area contributed by atoms with E-state index >= 15 is 0 Å². The minimum absolute atomic E-state index is 0.530. The second kappa shape index (κ2) is 6.20. The van der Waals surface area contributed by atoms with Crippen molar-refractivity contribution < 1.29 is 9.47 Å². The van der Waals surface area contributed by atoms with Gasteiger partial charge in [0.2, 0.25) is 5.88 Å². The van der Waals surface area contributed by atoms with Crippen molar-refractivity contribution in [2.24, 2.45) is 0 Å². The zero-order valence-corrected chi connectivity index (χ0v) is 12.9. The van der Waals surface area contributed by atoms with Crippen LogP contribution in [0.3, 0.4) is 0 Å². The molecular weight excluding hydrogens is 362 g/mol. The molecule has 3 nitrogen and oxygen atoms in total. The summed E-state index contributed by atoms with van der Waals surface area (Å²) in [4.78, 5) is 4.18. The van der Waals surface area contributed by atoms with E-state index in [-0.39, 0.29) is 0 Å². The van der Waals surface area contributed by atoms with Gasteiger partial charge in [0.15, 0.2) is 0 Å². The van der Waals surface area contributed by atoms with Crippen LogP contribution >= 0.6 is 31.9 Å². The predicted molar refractivity (Wildman–Crippen MR) is 77.3 cm³/mol. The zero-order valence-electron chi connectivity index (χ0n) is 9.69. The summed E-state index contributed by atoms with van der Waals surface area (Å²) in [6.45, 7) is 2.60. The predicted octanol–water partition coefficient (Wildman–Crippen LogP) is 4.80. The van der Waals surface area contributed by atoms with Gasteiger partial charge in [-0.15, -0.1) is 0 Å². The Labute approximate surface area is 122 Å². The number of halogens is 2. The van der Waals surface area contributed by atoms with E-state index in [1.807, 2.05) is 37.3 Å². The highest BCUT2D eigenvalue weighted by atomic mass is 79.9. The number of hydrogen-bond donors (Lipinski definition) is 0. The van der Waals surface area contributed by atoms with Crippen LogP contribution in [0.15, 0.2) is 45.5 Å². The molecular formula is C13H11Br2NO2. The van der Waals surface area contributed by atoms with Crippen LogP contribution in [-0.4, -0.2) is 11.6 Å². The third-order valence-electron chi connectivity index (χ3n) is 2.12. The van der Waals surface area contributed by atoms with Crippen molar-refractivity contribution in [3.05, 3.63) is 45.5 Å². The Kier molecular flexibility index (Phi) is 4.60. The molecule has 0 spiro atoms. The maximum atomic E-state index is 5.66. The average molecular weight is 373 g/mol. The Morgan fingerprint density at radius 1 is 1.11 bits per heavy atom. The number of pyridine rings is 1. The van der Waals surface area contributed by atoms with Gasteiger partial charge >= 0.3 is 0 Å². The van der Waals surface area contributed by atoms with Gasteiger partial charge in [0, 0.05) is 10.7 Å². The topological polar surface area (TPSA) is 31.4 Å². The van der Waals surface area contributed by atoms with Crippen molar-refractivity contribution in [3.63, 3.8) is 0 Å². The van der Waals surface area contributed by atoms with Gasteiger partial charge in [-0.25, -0.2) is 4.98 Å². The fraction of sp³-hybridized carbons (Fsp3) is 0.154. The monoisotopic (exact) mass is 371 g/mol. The molecule has 2 aromatic rings. The molecule has 0 amide bonds. The molecule has 0 atom stereocenters. The first-order chi connectivity index (χ1) is 8.69. The Morgan fingerprint density at radius 3 is 2.39 bits per heavy atom. The Balaban J connectivity index is 2.13. The third kappa shape index (κ3) is 3.46. The molecule has 0 aliphatic carbocycles. The molecule has 1 aromatic carbocycles. The molecule has 1 aromatic heterocycles. The van der Waals surface area contributed by atoms with Gasteiger partial charge in [-0.2, -0.15) is 0 Å². The minimum Gasteiger partial charge on any atom is -0.494 e. The fourth-order valence-electron chi connectivity index (χ4n) is 1.36. The molecule has 1 heterocycles. The average Bonchev–Trinajstić information content (AvgIpc) is 2.35. The minimum atomic E-state index is 0.530. The molecule has 18 heavy (non-hydrogen) atoms. The van der Waals surface area contributed by atoms with Crippen molar-refractivity contribution in [1.29, 1.82) is 0 Å². The first-order valence-electron chi connectivity index (χ1n) is 5.41. The van der Waals surface area contributed by atoms with E-state index in [1.54, 1.807) is 6.20 Å². The largest absolute Gasteiger partial charge is 0.494 e. The lowest BCUT2D eigenvalue weighted by Crippen LogP contribution is -1.92. The summed E-state index contributed by atoms with van der Waals surface area (Å²) < 4.78 is 12.7. The van der Waals surface area contributed by atoms with Crippen molar-refractivity contribution in [2.45, 2.75) is 6.92 Å². The number of hydrogen-bond acceptors (Lipinski definition) is 3. The summed E-state index contributed by atoms with van der Waals surface area (Å²) in [7, 11) is 0. The molecule has 5 heteroatoms. The Morgan fingerprint density at radius 2 is 1.78 bits per heavy atom. The van der Waals surface area contributed by atoms with Crippen LogP contribution < -0.4 is 9.47 Å². The van der Waals surface area contributed by atoms with Crippen LogP contribution in [0, 0.1) is 0 Å². The highest BCUT2D eigenvalue weighted by Gasteiger charge is 2.05. The van der Waals surface area contributed by atoms with Crippen LogP contribution in [0.2, 0.25) is 0 Å². The lowest BCUT2D eigenvalue weighted by atomic mass is 10.3. The van der Waals surface area contributed by atoms with Gasteiger partial charge in [-0.1, -0.05) is 0 Å². The molecule has 2 rings (SSSR count). The molecule has 0 saturated carbocycles. The number of benzene rings is 1. The van der Waals surface area contributed by atoms with Gasteiger partial charge in [-0.3, -0.25) is 0 Å². The maximum absolute atomic E-state index is 5.66. The smallest absolute Gasteiger partial charge is 0.233 e. The van der Waals surface area contributed by atoms with Gasteiger partial charge in [0.05, 0.1) is 11.1 Å². The zero-order chi connectivity index (χ0) is 13.0. The van der Waals surface area contributed by atoms with Gasteiger partial charge in [-0.05, 0) is 69.1 Å². The third-order valence-corrected chi connectivity index (χ3v) is 3.13. The highest BCUT2D eigenvalue weighted by molar-refractivity contribution is 9.11. The van der Waals surface area contributed by atoms with E-state index in [0.29, 0.717) is 18.2 Å². The number of rotatable bonds is 4. The Bertz CT molecular complexity index is 529. The molecule has 0 saturated heterocycles. The second-order valence-corrected chi connectivity index (χ2v) is 5.22. The summed E-state index contributed by atoms with van der Waals surface area (Å²) in [5.41, 5.74) is 0. The lowest BCUT2D eigenvalue weighted by molar-refractivity contribution is 0.339. The van der Waals surface area contributed by atoms with E-state index in [2.05, 4.69) is 36.8 Å². The SMILES string of the molecule is CCOc1ccc(Oc2ncc(Br)cc2Br)cc1. The van der Waals surface area contributed by atoms with E-state index in [9.17, 15) is 0 Å². The molecule has 0 unspecified atom stereocenters. The molecule has 0 aliphatic heterocycles. The molecule has 0 aliphatic rings. The first-order valence-corrected chi connectivity index (χ1v) is 6.99. The fourth-order valence-corrected chi connectivity index (χ4v) is 2.43. The van der Waals surface area contributed by atoms with Gasteiger partial charge in [0.1, 0.15) is 11.5 Å². The van der Waals surface area contributed by atoms with Crippen LogP contribution in [0.25, 0.3) is 0 Å². The molecule has 0 fully saturated rings. The molecule has 0 radical (unpaired) electrons. The van der Waals surface area contributed by atoms with E-state index in [4.69, 9.17) is 9.47 Å². The standard InChI is InChI=1S/C13H11Br2NO2/c1-2-17-10-3-5-11(6-4-10)18-13-12(15)7-9(14)8-16-13/h3-8H,2H2,1H3. The van der Waals surface area contributed by atoms with Gasteiger partial charge < -0.3 is 9.47 Å². The summed E-state index contributed by atoms with van der Waals surface area (Å²) >= 11 is 6.75. The Hall–Kier alpha value is -1.07. The van der Waals surface area contributed by atoms with Crippen LogP contribution in [0.4, 0.5) is 0 Å². The van der Waals surface area contributed by atoms with Crippen LogP contribution in [0.5, 0.6) is 17.4 Å². The second-order valence-electron chi connectivity index (χ2n) is 3.45. The van der Waals surface area contributed by atoms with Crippen molar-refractivity contribution >= 4 is 31.9 Å². The highest BCUT2D eigenvalue weighted by Crippen LogP contribution is 2.30. The quantitative estimate of drug-likeness (QED) is 0.772. The van der Waals surface area contributed by atoms with E-state index in [0.717, 1.165) is 14.7 Å². The molecule has 94 valence electrons. The number of ether oxygens (including phenoxy) is 2. The van der Waals surface area contributed by atoms with Crippen molar-refractivity contribution in [2.75, 3.05) is 6.61 Å². The van der Waals surface area contributed by atoms with E-state index in [1.165, 1.54) is 0 Å². The summed E-state index contributed by atoms with van der Waals surface area (Å²) in [6, 6.07) is 9.32. The van der Waals surface area contributed by atoms with Gasteiger partial charge in [0.25, 0.3) is 0 Å².